The first-order valence-corrected chi connectivity index (χ1v) is 9.89. The van der Waals surface area contributed by atoms with Gasteiger partial charge in [0.2, 0.25) is 0 Å². The Kier molecular flexibility index (Phi) is 4.60. The van der Waals surface area contributed by atoms with E-state index in [9.17, 15) is 0 Å². The second kappa shape index (κ2) is 7.00. The monoisotopic (exact) mass is 327 g/mol. The Morgan fingerprint density at radius 3 is 2.96 bits per heavy atom. The van der Waals surface area contributed by atoms with Gasteiger partial charge in [-0.2, -0.15) is 0 Å². The molecular formula is C19H25N3S. The van der Waals surface area contributed by atoms with Gasteiger partial charge >= 0.3 is 0 Å². The van der Waals surface area contributed by atoms with E-state index in [0.717, 1.165) is 18.3 Å². The SMILES string of the molecule is c1ccc2c(SCCN=C3CCCN3C3CCCC3)c[nH]c2c1. The molecule has 4 rings (SSSR count). The highest BCUT2D eigenvalue weighted by Crippen LogP contribution is 2.29. The van der Waals surface area contributed by atoms with Gasteiger partial charge in [0.05, 0.1) is 12.4 Å². The number of thioether (sulfide) groups is 1. The van der Waals surface area contributed by atoms with Crippen molar-refractivity contribution in [3.8, 4) is 0 Å². The molecule has 1 aromatic carbocycles. The van der Waals surface area contributed by atoms with Crippen LogP contribution in [0.5, 0.6) is 0 Å². The molecule has 1 aliphatic carbocycles. The van der Waals surface area contributed by atoms with Gasteiger partial charge in [-0.15, -0.1) is 11.8 Å². The van der Waals surface area contributed by atoms with Gasteiger partial charge in [0, 0.05) is 46.8 Å². The van der Waals surface area contributed by atoms with Gasteiger partial charge in [-0.05, 0) is 25.3 Å². The van der Waals surface area contributed by atoms with E-state index in [0.29, 0.717) is 0 Å². The van der Waals surface area contributed by atoms with Crippen molar-refractivity contribution in [1.82, 2.24) is 9.88 Å². The highest BCUT2D eigenvalue weighted by molar-refractivity contribution is 7.99. The summed E-state index contributed by atoms with van der Waals surface area (Å²) in [5.74, 6) is 2.44. The minimum absolute atomic E-state index is 0.789. The first-order chi connectivity index (χ1) is 11.4. The first-order valence-electron chi connectivity index (χ1n) is 8.91. The molecule has 23 heavy (non-hydrogen) atoms. The van der Waals surface area contributed by atoms with Crippen LogP contribution in [0.1, 0.15) is 38.5 Å². The predicted octanol–water partition coefficient (Wildman–Crippen LogP) is 4.70. The summed E-state index contributed by atoms with van der Waals surface area (Å²) in [5.41, 5.74) is 1.23. The van der Waals surface area contributed by atoms with E-state index in [1.54, 1.807) is 0 Å². The van der Waals surface area contributed by atoms with E-state index < -0.39 is 0 Å². The summed E-state index contributed by atoms with van der Waals surface area (Å²) in [6.45, 7) is 2.17. The molecule has 0 bridgehead atoms. The number of benzene rings is 1. The number of fused-ring (bicyclic) bond motifs is 1. The lowest BCUT2D eigenvalue weighted by Gasteiger charge is -2.26. The minimum Gasteiger partial charge on any atom is -0.360 e. The molecule has 3 nitrogen and oxygen atoms in total. The molecule has 2 aromatic rings. The predicted molar refractivity (Wildman–Crippen MR) is 99.5 cm³/mol. The first kappa shape index (κ1) is 15.1. The molecule has 0 spiro atoms. The largest absolute Gasteiger partial charge is 0.360 e. The third-order valence-corrected chi connectivity index (χ3v) is 6.13. The number of likely N-dealkylation sites (tertiary alicyclic amines) is 1. The van der Waals surface area contributed by atoms with E-state index in [4.69, 9.17) is 4.99 Å². The lowest BCUT2D eigenvalue weighted by Crippen LogP contribution is -2.34. The van der Waals surface area contributed by atoms with Crippen molar-refractivity contribution < 1.29 is 0 Å². The van der Waals surface area contributed by atoms with Gasteiger partial charge in [0.15, 0.2) is 0 Å². The van der Waals surface area contributed by atoms with Crippen molar-refractivity contribution >= 4 is 28.5 Å². The third-order valence-electron chi connectivity index (χ3n) is 5.09. The summed E-state index contributed by atoms with van der Waals surface area (Å²) in [6.07, 6.45) is 10.2. The summed E-state index contributed by atoms with van der Waals surface area (Å²) in [7, 11) is 0. The minimum atomic E-state index is 0.789. The van der Waals surface area contributed by atoms with Crippen LogP contribution in [0.2, 0.25) is 0 Å². The molecule has 1 aromatic heterocycles. The number of nitrogens with one attached hydrogen (secondary N) is 1. The number of H-pyrrole nitrogens is 1. The molecule has 2 heterocycles. The van der Waals surface area contributed by atoms with E-state index >= 15 is 0 Å². The zero-order chi connectivity index (χ0) is 15.5. The van der Waals surface area contributed by atoms with Crippen molar-refractivity contribution in [2.45, 2.75) is 49.5 Å². The molecule has 1 N–H and O–H groups in total. The standard InChI is InChI=1S/C19H25N3S/c1-2-7-15(6-1)22-12-5-10-19(22)20-11-13-23-18-14-21-17-9-4-3-8-16(17)18/h3-4,8-9,14-15,21H,1-2,5-7,10-13H2. The Bertz CT molecular complexity index is 685. The Balaban J connectivity index is 1.34. The number of amidine groups is 1. The summed E-state index contributed by atoms with van der Waals surface area (Å²) in [4.78, 5) is 12.3. The van der Waals surface area contributed by atoms with Crippen molar-refractivity contribution in [2.75, 3.05) is 18.8 Å². The second-order valence-electron chi connectivity index (χ2n) is 6.58. The smallest absolute Gasteiger partial charge is 0.0992 e. The summed E-state index contributed by atoms with van der Waals surface area (Å²) < 4.78 is 0. The third kappa shape index (κ3) is 3.27. The zero-order valence-corrected chi connectivity index (χ0v) is 14.4. The highest BCUT2D eigenvalue weighted by Gasteiger charge is 2.28. The molecule has 1 saturated carbocycles. The van der Waals surface area contributed by atoms with Crippen molar-refractivity contribution in [3.63, 3.8) is 0 Å². The summed E-state index contributed by atoms with van der Waals surface area (Å²) in [6, 6.07) is 9.31. The molecular weight excluding hydrogens is 302 g/mol. The summed E-state index contributed by atoms with van der Waals surface area (Å²) >= 11 is 1.92. The van der Waals surface area contributed by atoms with Crippen LogP contribution in [0.3, 0.4) is 0 Å². The maximum atomic E-state index is 4.94. The van der Waals surface area contributed by atoms with E-state index in [1.807, 2.05) is 11.8 Å². The fourth-order valence-corrected chi connectivity index (χ4v) is 4.83. The van der Waals surface area contributed by atoms with Crippen LogP contribution in [0.4, 0.5) is 0 Å². The topological polar surface area (TPSA) is 31.4 Å². The van der Waals surface area contributed by atoms with E-state index in [2.05, 4.69) is 40.3 Å². The van der Waals surface area contributed by atoms with Crippen molar-refractivity contribution in [1.29, 1.82) is 0 Å². The van der Waals surface area contributed by atoms with Gasteiger partial charge in [0.1, 0.15) is 0 Å². The molecule has 0 amide bonds. The highest BCUT2D eigenvalue weighted by atomic mass is 32.2. The van der Waals surface area contributed by atoms with Crippen molar-refractivity contribution in [2.24, 2.45) is 4.99 Å². The molecule has 2 aliphatic rings. The van der Waals surface area contributed by atoms with E-state index in [1.165, 1.54) is 66.7 Å². The lowest BCUT2D eigenvalue weighted by atomic mass is 10.2. The summed E-state index contributed by atoms with van der Waals surface area (Å²) in [5, 5.41) is 1.33. The maximum Gasteiger partial charge on any atom is 0.0992 e. The molecule has 122 valence electrons. The quantitative estimate of drug-likeness (QED) is 0.638. The maximum absolute atomic E-state index is 4.94. The van der Waals surface area contributed by atoms with Crippen molar-refractivity contribution in [3.05, 3.63) is 30.5 Å². The van der Waals surface area contributed by atoms with Gasteiger partial charge in [-0.25, -0.2) is 0 Å². The number of rotatable bonds is 5. The van der Waals surface area contributed by atoms with Crippen LogP contribution >= 0.6 is 11.8 Å². The average Bonchev–Trinajstić information content (AvgIpc) is 3.31. The molecule has 0 radical (unpaired) electrons. The van der Waals surface area contributed by atoms with Crippen LogP contribution in [-0.2, 0) is 0 Å². The van der Waals surface area contributed by atoms with E-state index in [-0.39, 0.29) is 0 Å². The number of aromatic amines is 1. The Morgan fingerprint density at radius 2 is 2.04 bits per heavy atom. The zero-order valence-electron chi connectivity index (χ0n) is 13.6. The molecule has 0 unspecified atom stereocenters. The van der Waals surface area contributed by atoms with Crippen LogP contribution in [0.25, 0.3) is 10.9 Å². The Morgan fingerprint density at radius 1 is 1.17 bits per heavy atom. The molecule has 0 atom stereocenters. The number of aromatic nitrogens is 1. The van der Waals surface area contributed by atoms with Gasteiger partial charge in [0.25, 0.3) is 0 Å². The lowest BCUT2D eigenvalue weighted by molar-refractivity contribution is 0.338. The molecule has 1 aliphatic heterocycles. The number of hydrogen-bond acceptors (Lipinski definition) is 2. The normalized spacial score (nSPS) is 21.0. The van der Waals surface area contributed by atoms with Crippen LogP contribution in [-0.4, -0.2) is 40.6 Å². The van der Waals surface area contributed by atoms with Gasteiger partial charge in [-0.1, -0.05) is 31.0 Å². The van der Waals surface area contributed by atoms with Crippen LogP contribution in [0, 0.1) is 0 Å². The number of aliphatic imine (C=N–C) groups is 1. The molecule has 1 saturated heterocycles. The number of hydrogen-bond donors (Lipinski definition) is 1. The fraction of sp³-hybridized carbons (Fsp3) is 0.526. The fourth-order valence-electron chi connectivity index (χ4n) is 3.95. The Hall–Kier alpha value is -1.42. The number of para-hydroxylation sites is 1. The Labute approximate surface area is 142 Å². The number of nitrogens with zero attached hydrogens (tertiary/aromatic N) is 2. The average molecular weight is 327 g/mol. The molecule has 4 heteroatoms. The van der Waals surface area contributed by atoms with Crippen LogP contribution in [0.15, 0.2) is 40.4 Å². The molecule has 2 fully saturated rings. The van der Waals surface area contributed by atoms with Crippen LogP contribution < -0.4 is 0 Å². The van der Waals surface area contributed by atoms with Gasteiger partial charge < -0.3 is 9.88 Å². The van der Waals surface area contributed by atoms with Gasteiger partial charge in [-0.3, -0.25) is 4.99 Å². The second-order valence-corrected chi connectivity index (χ2v) is 7.72.